The monoisotopic (exact) mass is 497 g/mol. The van der Waals surface area contributed by atoms with Gasteiger partial charge in [0.1, 0.15) is 6.04 Å². The Morgan fingerprint density at radius 3 is 2.43 bits per heavy atom. The quantitative estimate of drug-likeness (QED) is 0.542. The van der Waals surface area contributed by atoms with Crippen LogP contribution in [0.4, 0.5) is 18.0 Å². The molecule has 1 aromatic rings. The third kappa shape index (κ3) is 6.68. The highest BCUT2D eigenvalue weighted by Crippen LogP contribution is 2.39. The maximum atomic E-state index is 13.4. The highest BCUT2D eigenvalue weighted by Gasteiger charge is 2.45. The summed E-state index contributed by atoms with van der Waals surface area (Å²) in [4.78, 5) is 28.9. The standard InChI is InChI=1S/C26H38F3N3O3/c1-16(2)11-22(32(24(34)35)25(3,4)5)23(33)30-21-10-9-18-14-31(15-20(18)21)13-17-7-6-8-19(12-17)26(27,28)29/h6-8,12,16,18,20-22H,9-11,13-15H2,1-5H3,(H,30,33)(H,34,35)/t18-,20+,21+,22+/m1/s1. The van der Waals surface area contributed by atoms with Crippen molar-refractivity contribution in [3.05, 3.63) is 35.4 Å². The van der Waals surface area contributed by atoms with Gasteiger partial charge in [0.25, 0.3) is 0 Å². The topological polar surface area (TPSA) is 72.9 Å². The summed E-state index contributed by atoms with van der Waals surface area (Å²) in [5.41, 5.74) is -0.743. The van der Waals surface area contributed by atoms with Crippen molar-refractivity contribution in [1.29, 1.82) is 0 Å². The zero-order valence-corrected chi connectivity index (χ0v) is 21.2. The van der Waals surface area contributed by atoms with Crippen LogP contribution in [0.15, 0.2) is 24.3 Å². The Morgan fingerprint density at radius 2 is 1.86 bits per heavy atom. The number of rotatable bonds is 7. The van der Waals surface area contributed by atoms with E-state index in [1.165, 1.54) is 17.0 Å². The second kappa shape index (κ2) is 10.4. The van der Waals surface area contributed by atoms with Crippen molar-refractivity contribution >= 4 is 12.0 Å². The predicted molar refractivity (Wildman–Crippen MR) is 128 cm³/mol. The molecule has 0 radical (unpaired) electrons. The van der Waals surface area contributed by atoms with Gasteiger partial charge in [-0.3, -0.25) is 14.6 Å². The number of hydrogen-bond donors (Lipinski definition) is 2. The number of fused-ring (bicyclic) bond motifs is 1. The van der Waals surface area contributed by atoms with Gasteiger partial charge < -0.3 is 10.4 Å². The number of carbonyl (C=O) groups is 2. The summed E-state index contributed by atoms with van der Waals surface area (Å²) in [6.07, 6.45) is -3.29. The zero-order valence-electron chi connectivity index (χ0n) is 21.2. The lowest BCUT2D eigenvalue weighted by Crippen LogP contribution is -2.58. The molecule has 1 aliphatic carbocycles. The molecule has 35 heavy (non-hydrogen) atoms. The van der Waals surface area contributed by atoms with E-state index in [0.29, 0.717) is 31.0 Å². The van der Waals surface area contributed by atoms with Crippen LogP contribution in [0.1, 0.15) is 65.0 Å². The third-order valence-corrected chi connectivity index (χ3v) is 7.16. The second-order valence-corrected chi connectivity index (χ2v) is 11.5. The van der Waals surface area contributed by atoms with Crippen LogP contribution >= 0.6 is 0 Å². The first-order valence-corrected chi connectivity index (χ1v) is 12.4. The Hall–Kier alpha value is -2.29. The van der Waals surface area contributed by atoms with Crippen LogP contribution < -0.4 is 5.32 Å². The zero-order chi connectivity index (χ0) is 26.1. The molecule has 1 aromatic carbocycles. The number of nitrogens with zero attached hydrogens (tertiary/aromatic N) is 2. The van der Waals surface area contributed by atoms with E-state index in [1.54, 1.807) is 26.8 Å². The first-order valence-electron chi connectivity index (χ1n) is 12.4. The Morgan fingerprint density at radius 1 is 1.17 bits per heavy atom. The molecule has 6 nitrogen and oxygen atoms in total. The normalized spacial score (nSPS) is 23.9. The highest BCUT2D eigenvalue weighted by molar-refractivity contribution is 5.86. The molecule has 0 bridgehead atoms. The maximum absolute atomic E-state index is 13.4. The van der Waals surface area contributed by atoms with Crippen LogP contribution in [0, 0.1) is 17.8 Å². The van der Waals surface area contributed by atoms with Crippen molar-refractivity contribution in [3.63, 3.8) is 0 Å². The molecule has 2 N–H and O–H groups in total. The molecule has 2 amide bonds. The summed E-state index contributed by atoms with van der Waals surface area (Å²) in [5.74, 6) is 0.448. The van der Waals surface area contributed by atoms with E-state index in [9.17, 15) is 27.9 Å². The lowest BCUT2D eigenvalue weighted by atomic mass is 9.94. The van der Waals surface area contributed by atoms with Crippen molar-refractivity contribution in [3.8, 4) is 0 Å². The smallest absolute Gasteiger partial charge is 0.416 e. The minimum Gasteiger partial charge on any atom is -0.465 e. The van der Waals surface area contributed by atoms with Crippen molar-refractivity contribution in [2.24, 2.45) is 17.8 Å². The third-order valence-electron chi connectivity index (χ3n) is 7.16. The van der Waals surface area contributed by atoms with Crippen LogP contribution in [0.5, 0.6) is 0 Å². The molecule has 4 atom stereocenters. The number of amides is 2. The van der Waals surface area contributed by atoms with Crippen LogP contribution in [0.2, 0.25) is 0 Å². The lowest BCUT2D eigenvalue weighted by Gasteiger charge is -2.40. The molecule has 0 unspecified atom stereocenters. The summed E-state index contributed by atoms with van der Waals surface area (Å²) in [7, 11) is 0. The summed E-state index contributed by atoms with van der Waals surface area (Å²) in [6.45, 7) is 11.2. The van der Waals surface area contributed by atoms with E-state index in [4.69, 9.17) is 0 Å². The SMILES string of the molecule is CC(C)C[C@@H](C(=O)N[C@H]1CC[C@@H]2CN(Cc3cccc(C(F)(F)F)c3)C[C@@H]21)N(C(=O)O)C(C)(C)C. The van der Waals surface area contributed by atoms with E-state index in [2.05, 4.69) is 10.2 Å². The molecule has 3 rings (SSSR count). The number of hydrogen-bond acceptors (Lipinski definition) is 3. The molecular weight excluding hydrogens is 459 g/mol. The fraction of sp³-hybridized carbons (Fsp3) is 0.692. The Kier molecular flexibility index (Phi) is 8.09. The summed E-state index contributed by atoms with van der Waals surface area (Å²) >= 11 is 0. The Bertz CT molecular complexity index is 913. The molecule has 2 aliphatic rings. The van der Waals surface area contributed by atoms with E-state index < -0.39 is 29.4 Å². The molecule has 0 spiro atoms. The molecular formula is C26H38F3N3O3. The maximum Gasteiger partial charge on any atom is 0.416 e. The van der Waals surface area contributed by atoms with Crippen LogP contribution in [-0.4, -0.2) is 57.6 Å². The van der Waals surface area contributed by atoms with Gasteiger partial charge in [0.05, 0.1) is 5.56 Å². The Balaban J connectivity index is 1.68. The highest BCUT2D eigenvalue weighted by atomic mass is 19.4. The minimum absolute atomic E-state index is 0.0655. The van der Waals surface area contributed by atoms with E-state index in [1.807, 2.05) is 13.8 Å². The summed E-state index contributed by atoms with van der Waals surface area (Å²) in [6, 6.07) is 4.59. The van der Waals surface area contributed by atoms with Crippen molar-refractivity contribution in [2.45, 2.75) is 84.2 Å². The van der Waals surface area contributed by atoms with Gasteiger partial charge in [0.2, 0.25) is 5.91 Å². The van der Waals surface area contributed by atoms with Crippen molar-refractivity contribution in [1.82, 2.24) is 15.1 Å². The number of likely N-dealkylation sites (tertiary alicyclic amines) is 1. The summed E-state index contributed by atoms with van der Waals surface area (Å²) < 4.78 is 39.2. The average Bonchev–Trinajstić information content (AvgIpc) is 3.26. The number of nitrogens with one attached hydrogen (secondary N) is 1. The predicted octanol–water partition coefficient (Wildman–Crippen LogP) is 5.23. The molecule has 1 saturated heterocycles. The number of carbonyl (C=O) groups excluding carboxylic acids is 1. The molecule has 0 aromatic heterocycles. The second-order valence-electron chi connectivity index (χ2n) is 11.5. The minimum atomic E-state index is -4.36. The first-order chi connectivity index (χ1) is 16.2. The van der Waals surface area contributed by atoms with Gasteiger partial charge in [0.15, 0.2) is 0 Å². The van der Waals surface area contributed by atoms with Gasteiger partial charge in [-0.2, -0.15) is 13.2 Å². The molecule has 1 aliphatic heterocycles. The van der Waals surface area contributed by atoms with E-state index in [0.717, 1.165) is 25.5 Å². The fourth-order valence-electron chi connectivity index (χ4n) is 5.71. The van der Waals surface area contributed by atoms with E-state index in [-0.39, 0.29) is 23.8 Å². The van der Waals surface area contributed by atoms with Gasteiger partial charge in [-0.1, -0.05) is 32.0 Å². The molecule has 9 heteroatoms. The van der Waals surface area contributed by atoms with Crippen LogP contribution in [-0.2, 0) is 17.5 Å². The largest absolute Gasteiger partial charge is 0.465 e. The van der Waals surface area contributed by atoms with Gasteiger partial charge in [-0.15, -0.1) is 0 Å². The lowest BCUT2D eigenvalue weighted by molar-refractivity contribution is -0.137. The van der Waals surface area contributed by atoms with Crippen molar-refractivity contribution in [2.75, 3.05) is 13.1 Å². The average molecular weight is 498 g/mol. The number of alkyl halides is 3. The van der Waals surface area contributed by atoms with Gasteiger partial charge in [-0.25, -0.2) is 4.79 Å². The molecule has 2 fully saturated rings. The number of benzene rings is 1. The Labute approximate surface area is 205 Å². The molecule has 196 valence electrons. The van der Waals surface area contributed by atoms with E-state index >= 15 is 0 Å². The fourth-order valence-corrected chi connectivity index (χ4v) is 5.71. The van der Waals surface area contributed by atoms with Crippen LogP contribution in [0.25, 0.3) is 0 Å². The van der Waals surface area contributed by atoms with Gasteiger partial charge in [-0.05, 0) is 69.4 Å². The van der Waals surface area contributed by atoms with Gasteiger partial charge in [0, 0.05) is 31.2 Å². The summed E-state index contributed by atoms with van der Waals surface area (Å²) in [5, 5.41) is 13.0. The molecule has 1 heterocycles. The number of carboxylic acid groups (broad SMARTS) is 1. The number of halogens is 3. The van der Waals surface area contributed by atoms with Crippen molar-refractivity contribution < 1.29 is 27.9 Å². The molecule has 1 saturated carbocycles. The van der Waals surface area contributed by atoms with Crippen LogP contribution in [0.3, 0.4) is 0 Å². The van der Waals surface area contributed by atoms with Gasteiger partial charge >= 0.3 is 12.3 Å². The first kappa shape index (κ1) is 27.3.